The van der Waals surface area contributed by atoms with Crippen molar-refractivity contribution in [1.29, 1.82) is 0 Å². The standard InChI is InChI=1S/C20H28BrNO3/c1-19(2,3)25-18(23)22-16(14-24-20(22,4)5)12-8-6-10-15-11-7-9-13-17(15)21/h6-7,9-11,13,16H,8,12,14H2,1-5H3/b10-6+/t16-/m0/s1. The average Bonchev–Trinajstić information content (AvgIpc) is 2.78. The van der Waals surface area contributed by atoms with E-state index in [1.807, 2.05) is 52.8 Å². The Morgan fingerprint density at radius 2 is 2.08 bits per heavy atom. The van der Waals surface area contributed by atoms with E-state index in [4.69, 9.17) is 9.47 Å². The first kappa shape index (κ1) is 20.0. The van der Waals surface area contributed by atoms with Crippen LogP contribution in [0.5, 0.6) is 0 Å². The maximum absolute atomic E-state index is 12.6. The summed E-state index contributed by atoms with van der Waals surface area (Å²) in [4.78, 5) is 14.3. The molecule has 0 spiro atoms. The highest BCUT2D eigenvalue weighted by atomic mass is 79.9. The molecule has 1 aliphatic rings. The van der Waals surface area contributed by atoms with Crippen molar-refractivity contribution >= 4 is 28.1 Å². The van der Waals surface area contributed by atoms with Crippen molar-refractivity contribution < 1.29 is 14.3 Å². The van der Waals surface area contributed by atoms with Gasteiger partial charge in [0.2, 0.25) is 0 Å². The fraction of sp³-hybridized carbons (Fsp3) is 0.550. The topological polar surface area (TPSA) is 38.8 Å². The first-order valence-corrected chi connectivity index (χ1v) is 9.47. The van der Waals surface area contributed by atoms with E-state index in [9.17, 15) is 4.79 Å². The SMILES string of the molecule is CC(C)(C)OC(=O)N1[C@@H](CC/C=C/c2ccccc2Br)COC1(C)C. The number of allylic oxidation sites excluding steroid dienone is 1. The number of ether oxygens (including phenoxy) is 2. The van der Waals surface area contributed by atoms with Gasteiger partial charge in [0.05, 0.1) is 12.6 Å². The molecule has 0 N–H and O–H groups in total. The molecule has 0 saturated carbocycles. The minimum absolute atomic E-state index is 0.0220. The van der Waals surface area contributed by atoms with E-state index in [-0.39, 0.29) is 12.1 Å². The summed E-state index contributed by atoms with van der Waals surface area (Å²) in [7, 11) is 0. The molecular weight excluding hydrogens is 382 g/mol. The van der Waals surface area contributed by atoms with Gasteiger partial charge in [-0.3, -0.25) is 4.90 Å². The Morgan fingerprint density at radius 1 is 1.40 bits per heavy atom. The third-order valence-electron chi connectivity index (χ3n) is 4.03. The van der Waals surface area contributed by atoms with Crippen molar-refractivity contribution in [2.24, 2.45) is 0 Å². The van der Waals surface area contributed by atoms with Crippen molar-refractivity contribution in [2.45, 2.75) is 64.8 Å². The van der Waals surface area contributed by atoms with E-state index in [0.29, 0.717) is 6.61 Å². The Kier molecular flexibility index (Phi) is 6.33. The van der Waals surface area contributed by atoms with Crippen molar-refractivity contribution in [3.8, 4) is 0 Å². The monoisotopic (exact) mass is 409 g/mol. The van der Waals surface area contributed by atoms with Gasteiger partial charge in [-0.25, -0.2) is 4.79 Å². The lowest BCUT2D eigenvalue weighted by molar-refractivity contribution is -0.0626. The van der Waals surface area contributed by atoms with Gasteiger partial charge in [-0.15, -0.1) is 0 Å². The smallest absolute Gasteiger partial charge is 0.412 e. The fourth-order valence-corrected chi connectivity index (χ4v) is 3.30. The van der Waals surface area contributed by atoms with Crippen molar-refractivity contribution in [2.75, 3.05) is 6.61 Å². The molecule has 0 bridgehead atoms. The van der Waals surface area contributed by atoms with Gasteiger partial charge in [-0.05, 0) is 59.1 Å². The number of halogens is 1. The van der Waals surface area contributed by atoms with Gasteiger partial charge < -0.3 is 9.47 Å². The van der Waals surface area contributed by atoms with Crippen LogP contribution in [0.25, 0.3) is 6.08 Å². The van der Waals surface area contributed by atoms with Crippen molar-refractivity contribution in [1.82, 2.24) is 4.90 Å². The van der Waals surface area contributed by atoms with E-state index < -0.39 is 11.3 Å². The average molecular weight is 410 g/mol. The first-order chi connectivity index (χ1) is 11.6. The number of benzene rings is 1. The Bertz CT molecular complexity index is 634. The fourth-order valence-electron chi connectivity index (χ4n) is 2.89. The van der Waals surface area contributed by atoms with Crippen LogP contribution in [0.1, 0.15) is 53.0 Å². The molecular formula is C20H28BrNO3. The normalized spacial score (nSPS) is 20.2. The maximum atomic E-state index is 12.6. The van der Waals surface area contributed by atoms with Crippen LogP contribution in [0.2, 0.25) is 0 Å². The summed E-state index contributed by atoms with van der Waals surface area (Å²) in [6, 6.07) is 8.13. The molecule has 1 aromatic rings. The summed E-state index contributed by atoms with van der Waals surface area (Å²) in [5.74, 6) is 0. The van der Waals surface area contributed by atoms with Crippen LogP contribution in [0, 0.1) is 0 Å². The molecule has 25 heavy (non-hydrogen) atoms. The molecule has 1 aromatic carbocycles. The minimum atomic E-state index is -0.640. The van der Waals surface area contributed by atoms with Gasteiger partial charge in [0.15, 0.2) is 0 Å². The molecule has 138 valence electrons. The third kappa shape index (κ3) is 5.58. The summed E-state index contributed by atoms with van der Waals surface area (Å²) in [5.41, 5.74) is -0.00612. The lowest BCUT2D eigenvalue weighted by atomic mass is 10.1. The van der Waals surface area contributed by atoms with Crippen LogP contribution in [-0.4, -0.2) is 35.0 Å². The third-order valence-corrected chi connectivity index (χ3v) is 4.76. The minimum Gasteiger partial charge on any atom is -0.444 e. The Balaban J connectivity index is 1.98. The Labute approximate surface area is 159 Å². The Hall–Kier alpha value is -1.33. The summed E-state index contributed by atoms with van der Waals surface area (Å²) >= 11 is 3.55. The molecule has 1 saturated heterocycles. The zero-order valence-corrected chi connectivity index (χ0v) is 17.3. The molecule has 0 aliphatic carbocycles. The van der Waals surface area contributed by atoms with Crippen LogP contribution in [0.3, 0.4) is 0 Å². The van der Waals surface area contributed by atoms with Gasteiger partial charge in [0, 0.05) is 4.47 Å². The predicted octanol–water partition coefficient (Wildman–Crippen LogP) is 5.61. The molecule has 0 radical (unpaired) electrons. The maximum Gasteiger partial charge on any atom is 0.412 e. The summed E-state index contributed by atoms with van der Waals surface area (Å²) in [6.45, 7) is 10.00. The van der Waals surface area contributed by atoms with E-state index in [1.165, 1.54) is 0 Å². The highest BCUT2D eigenvalue weighted by molar-refractivity contribution is 9.10. The second-order valence-corrected chi connectivity index (χ2v) is 8.62. The molecule has 4 nitrogen and oxygen atoms in total. The van der Waals surface area contributed by atoms with Gasteiger partial charge in [0.1, 0.15) is 11.3 Å². The van der Waals surface area contributed by atoms with Crippen molar-refractivity contribution in [3.63, 3.8) is 0 Å². The molecule has 1 atom stereocenters. The molecule has 1 aliphatic heterocycles. The molecule has 0 unspecified atom stereocenters. The number of carbonyl (C=O) groups is 1. The van der Waals surface area contributed by atoms with Gasteiger partial charge >= 0.3 is 6.09 Å². The highest BCUT2D eigenvalue weighted by Gasteiger charge is 2.45. The summed E-state index contributed by atoms with van der Waals surface area (Å²) in [5, 5.41) is 0. The second kappa shape index (κ2) is 7.92. The van der Waals surface area contributed by atoms with E-state index >= 15 is 0 Å². The summed E-state index contributed by atoms with van der Waals surface area (Å²) in [6.07, 6.45) is 5.63. The van der Waals surface area contributed by atoms with Gasteiger partial charge in [-0.1, -0.05) is 46.3 Å². The largest absolute Gasteiger partial charge is 0.444 e. The second-order valence-electron chi connectivity index (χ2n) is 7.76. The van der Waals surface area contributed by atoms with Crippen molar-refractivity contribution in [3.05, 3.63) is 40.4 Å². The number of nitrogens with zero attached hydrogens (tertiary/aromatic N) is 1. The van der Waals surface area contributed by atoms with Crippen LogP contribution in [0.15, 0.2) is 34.8 Å². The van der Waals surface area contributed by atoms with Gasteiger partial charge in [0.25, 0.3) is 0 Å². The van der Waals surface area contributed by atoms with E-state index in [0.717, 1.165) is 22.9 Å². The van der Waals surface area contributed by atoms with Crippen LogP contribution in [0.4, 0.5) is 4.79 Å². The number of amides is 1. The van der Waals surface area contributed by atoms with Crippen LogP contribution >= 0.6 is 15.9 Å². The molecule has 0 aromatic heterocycles. The number of rotatable bonds is 4. The van der Waals surface area contributed by atoms with Crippen LogP contribution in [-0.2, 0) is 9.47 Å². The van der Waals surface area contributed by atoms with E-state index in [2.05, 4.69) is 34.1 Å². The summed E-state index contributed by atoms with van der Waals surface area (Å²) < 4.78 is 12.5. The quantitative estimate of drug-likeness (QED) is 0.647. The lowest BCUT2D eigenvalue weighted by Gasteiger charge is -2.35. The number of hydrogen-bond acceptors (Lipinski definition) is 3. The van der Waals surface area contributed by atoms with Gasteiger partial charge in [-0.2, -0.15) is 0 Å². The zero-order valence-electron chi connectivity index (χ0n) is 15.7. The molecule has 1 amide bonds. The highest BCUT2D eigenvalue weighted by Crippen LogP contribution is 2.31. The number of carbonyl (C=O) groups excluding carboxylic acids is 1. The van der Waals surface area contributed by atoms with Crippen LogP contribution < -0.4 is 0 Å². The Morgan fingerprint density at radius 3 is 2.72 bits per heavy atom. The predicted molar refractivity (Wildman–Crippen MR) is 104 cm³/mol. The van der Waals surface area contributed by atoms with E-state index in [1.54, 1.807) is 4.90 Å². The lowest BCUT2D eigenvalue weighted by Crippen LogP contribution is -2.49. The zero-order chi connectivity index (χ0) is 18.7. The number of hydrogen-bond donors (Lipinski definition) is 0. The molecule has 1 fully saturated rings. The molecule has 1 heterocycles. The molecule has 5 heteroatoms. The molecule has 2 rings (SSSR count). The first-order valence-electron chi connectivity index (χ1n) is 8.67.